The van der Waals surface area contributed by atoms with Crippen molar-refractivity contribution in [1.82, 2.24) is 10.6 Å². The molecule has 35 heavy (non-hydrogen) atoms. The van der Waals surface area contributed by atoms with Crippen LogP contribution < -0.4 is 10.6 Å². The molecule has 0 aromatic heterocycles. The summed E-state index contributed by atoms with van der Waals surface area (Å²) in [7, 11) is 1.54. The normalized spacial score (nSPS) is 13.9. The quantitative estimate of drug-likeness (QED) is 0.371. The third-order valence-electron chi connectivity index (χ3n) is 6.25. The Morgan fingerprint density at radius 3 is 2.09 bits per heavy atom. The van der Waals surface area contributed by atoms with Crippen molar-refractivity contribution < 1.29 is 29.0 Å². The van der Waals surface area contributed by atoms with Gasteiger partial charge in [0.05, 0.1) is 0 Å². The van der Waals surface area contributed by atoms with Gasteiger partial charge in [-0.15, -0.1) is 0 Å². The van der Waals surface area contributed by atoms with E-state index < -0.39 is 30.1 Å². The second-order valence-electron chi connectivity index (χ2n) is 8.70. The molecular formula is C27H34N2O6. The van der Waals surface area contributed by atoms with E-state index in [1.807, 2.05) is 43.3 Å². The number of methoxy groups -OCH3 is 1. The van der Waals surface area contributed by atoms with Crippen molar-refractivity contribution in [3.05, 3.63) is 59.7 Å². The highest BCUT2D eigenvalue weighted by molar-refractivity contribution is 5.89. The number of fused-ring (bicyclic) bond motifs is 3. The van der Waals surface area contributed by atoms with E-state index in [2.05, 4.69) is 22.8 Å². The molecule has 0 saturated carbocycles. The van der Waals surface area contributed by atoms with Gasteiger partial charge in [0.15, 0.2) is 0 Å². The summed E-state index contributed by atoms with van der Waals surface area (Å²) in [5.41, 5.74) is 4.46. The van der Waals surface area contributed by atoms with Crippen LogP contribution in [0.25, 0.3) is 11.1 Å². The van der Waals surface area contributed by atoms with Gasteiger partial charge in [0.25, 0.3) is 0 Å². The van der Waals surface area contributed by atoms with Gasteiger partial charge >= 0.3 is 12.1 Å². The van der Waals surface area contributed by atoms with Crippen molar-refractivity contribution in [1.29, 1.82) is 0 Å². The molecule has 1 aliphatic carbocycles. The first-order valence-corrected chi connectivity index (χ1v) is 12.1. The predicted molar refractivity (Wildman–Crippen MR) is 132 cm³/mol. The van der Waals surface area contributed by atoms with E-state index in [0.717, 1.165) is 28.7 Å². The fourth-order valence-corrected chi connectivity index (χ4v) is 4.42. The van der Waals surface area contributed by atoms with Gasteiger partial charge in [-0.3, -0.25) is 4.79 Å². The van der Waals surface area contributed by atoms with Gasteiger partial charge in [-0.25, -0.2) is 9.59 Å². The summed E-state index contributed by atoms with van der Waals surface area (Å²) in [6, 6.07) is 14.2. The van der Waals surface area contributed by atoms with Gasteiger partial charge < -0.3 is 25.2 Å². The highest BCUT2D eigenvalue weighted by Crippen LogP contribution is 2.44. The van der Waals surface area contributed by atoms with Gasteiger partial charge in [0, 0.05) is 19.6 Å². The van der Waals surface area contributed by atoms with E-state index in [-0.39, 0.29) is 18.9 Å². The number of unbranched alkanes of at least 4 members (excludes halogenated alkanes) is 1. The fourth-order valence-electron chi connectivity index (χ4n) is 4.42. The zero-order valence-electron chi connectivity index (χ0n) is 20.3. The number of carboxylic acids is 1. The molecule has 2 aromatic rings. The van der Waals surface area contributed by atoms with E-state index in [9.17, 15) is 19.5 Å². The number of hydrogen-bond acceptors (Lipinski definition) is 5. The number of carboxylic acid groups (broad SMARTS) is 1. The second-order valence-corrected chi connectivity index (χ2v) is 8.70. The fraction of sp³-hybridized carbons (Fsp3) is 0.444. The Labute approximate surface area is 206 Å². The summed E-state index contributed by atoms with van der Waals surface area (Å²) in [4.78, 5) is 37.1. The van der Waals surface area contributed by atoms with Gasteiger partial charge in [0.2, 0.25) is 5.91 Å². The molecule has 2 atom stereocenters. The van der Waals surface area contributed by atoms with Crippen LogP contribution in [0.2, 0.25) is 0 Å². The third kappa shape index (κ3) is 6.82. The van der Waals surface area contributed by atoms with Crippen molar-refractivity contribution in [3.8, 4) is 11.1 Å². The van der Waals surface area contributed by atoms with Crippen LogP contribution in [0.5, 0.6) is 0 Å². The van der Waals surface area contributed by atoms with Crippen molar-refractivity contribution >= 4 is 18.0 Å². The van der Waals surface area contributed by atoms with E-state index in [1.165, 1.54) is 7.11 Å². The maximum atomic E-state index is 12.8. The summed E-state index contributed by atoms with van der Waals surface area (Å²) >= 11 is 0. The summed E-state index contributed by atoms with van der Waals surface area (Å²) in [5, 5.41) is 14.7. The zero-order valence-corrected chi connectivity index (χ0v) is 20.3. The minimum absolute atomic E-state index is 0.0896. The molecule has 0 saturated heterocycles. The number of rotatable bonds is 13. The molecule has 2 amide bonds. The first kappa shape index (κ1) is 26.2. The van der Waals surface area contributed by atoms with Gasteiger partial charge in [-0.1, -0.05) is 68.3 Å². The SMILES string of the molecule is CCCC[C@H](NC(=O)OCC1c2ccccc2-c2ccccc21)C(=O)NC(CCCOC)C(=O)O. The summed E-state index contributed by atoms with van der Waals surface area (Å²) < 4.78 is 10.5. The molecule has 2 aromatic carbocycles. The van der Waals surface area contributed by atoms with Gasteiger partial charge in [-0.2, -0.15) is 0 Å². The minimum Gasteiger partial charge on any atom is -0.480 e. The van der Waals surface area contributed by atoms with Gasteiger partial charge in [0.1, 0.15) is 18.7 Å². The zero-order chi connectivity index (χ0) is 25.2. The number of carbonyl (C=O) groups is 3. The van der Waals surface area contributed by atoms with Crippen LogP contribution in [0.1, 0.15) is 56.1 Å². The second kappa shape index (κ2) is 12.9. The Morgan fingerprint density at radius 2 is 1.51 bits per heavy atom. The molecule has 188 valence electrons. The lowest BCUT2D eigenvalue weighted by Crippen LogP contribution is -2.51. The van der Waals surface area contributed by atoms with Crippen LogP contribution in [0, 0.1) is 0 Å². The molecule has 8 heteroatoms. The molecule has 3 rings (SSSR count). The first-order chi connectivity index (χ1) is 17.0. The molecule has 8 nitrogen and oxygen atoms in total. The average Bonchev–Trinajstić information content (AvgIpc) is 3.18. The molecular weight excluding hydrogens is 448 g/mol. The number of nitrogens with one attached hydrogen (secondary N) is 2. The van der Waals surface area contributed by atoms with Crippen molar-refractivity contribution in [2.45, 2.75) is 57.0 Å². The smallest absolute Gasteiger partial charge is 0.407 e. The Hall–Kier alpha value is -3.39. The maximum Gasteiger partial charge on any atom is 0.407 e. The molecule has 3 N–H and O–H groups in total. The number of alkyl carbamates (subject to hydrolysis) is 1. The van der Waals surface area contributed by atoms with E-state index >= 15 is 0 Å². The topological polar surface area (TPSA) is 114 Å². The molecule has 0 spiro atoms. The largest absolute Gasteiger partial charge is 0.480 e. The van der Waals surface area contributed by atoms with Crippen LogP contribution >= 0.6 is 0 Å². The molecule has 0 heterocycles. The maximum absolute atomic E-state index is 12.8. The van der Waals surface area contributed by atoms with Crippen molar-refractivity contribution in [3.63, 3.8) is 0 Å². The number of benzene rings is 2. The molecule has 0 bridgehead atoms. The lowest BCUT2D eigenvalue weighted by atomic mass is 9.98. The summed E-state index contributed by atoms with van der Waals surface area (Å²) in [6.07, 6.45) is 1.94. The van der Waals surface area contributed by atoms with Gasteiger partial charge in [-0.05, 0) is 41.5 Å². The van der Waals surface area contributed by atoms with Crippen LogP contribution in [0.15, 0.2) is 48.5 Å². The van der Waals surface area contributed by atoms with Crippen LogP contribution in [0.4, 0.5) is 4.79 Å². The highest BCUT2D eigenvalue weighted by atomic mass is 16.5. The van der Waals surface area contributed by atoms with Crippen LogP contribution in [0.3, 0.4) is 0 Å². The lowest BCUT2D eigenvalue weighted by molar-refractivity contribution is -0.142. The number of aliphatic carboxylic acids is 1. The number of amides is 2. The number of carbonyl (C=O) groups excluding carboxylic acids is 2. The Balaban J connectivity index is 1.62. The molecule has 1 aliphatic rings. The molecule has 0 radical (unpaired) electrons. The van der Waals surface area contributed by atoms with E-state index in [4.69, 9.17) is 9.47 Å². The standard InChI is InChI=1S/C27H34N2O6/c1-3-4-14-23(25(30)28-24(26(31)32)15-9-16-34-2)29-27(33)35-17-22-20-12-7-5-10-18(20)19-11-6-8-13-21(19)22/h5-8,10-13,22-24H,3-4,9,14-17H2,1-2H3,(H,28,30)(H,29,33)(H,31,32)/t23-,24?/m0/s1. The molecule has 0 fully saturated rings. The Kier molecular flexibility index (Phi) is 9.66. The predicted octanol–water partition coefficient (Wildman–Crippen LogP) is 4.08. The van der Waals surface area contributed by atoms with Crippen LogP contribution in [-0.4, -0.2) is 55.5 Å². The minimum atomic E-state index is -1.12. The van der Waals surface area contributed by atoms with Crippen LogP contribution in [-0.2, 0) is 19.1 Å². The number of hydrogen-bond donors (Lipinski definition) is 3. The Bertz CT molecular complexity index is 979. The molecule has 0 aliphatic heterocycles. The van der Waals surface area contributed by atoms with E-state index in [0.29, 0.717) is 25.9 Å². The first-order valence-electron chi connectivity index (χ1n) is 12.1. The monoisotopic (exact) mass is 482 g/mol. The summed E-state index contributed by atoms with van der Waals surface area (Å²) in [5.74, 6) is -1.74. The third-order valence-corrected chi connectivity index (χ3v) is 6.25. The molecule has 1 unspecified atom stereocenters. The summed E-state index contributed by atoms with van der Waals surface area (Å²) in [6.45, 7) is 2.51. The van der Waals surface area contributed by atoms with Crippen molar-refractivity contribution in [2.24, 2.45) is 0 Å². The van der Waals surface area contributed by atoms with Crippen molar-refractivity contribution in [2.75, 3.05) is 20.3 Å². The highest BCUT2D eigenvalue weighted by Gasteiger charge is 2.30. The average molecular weight is 483 g/mol. The lowest BCUT2D eigenvalue weighted by Gasteiger charge is -2.22. The van der Waals surface area contributed by atoms with E-state index in [1.54, 1.807) is 0 Å². The number of ether oxygens (including phenoxy) is 2. The Morgan fingerprint density at radius 1 is 0.914 bits per heavy atom.